The predicted octanol–water partition coefficient (Wildman–Crippen LogP) is -3.92. The van der Waals surface area contributed by atoms with Crippen molar-refractivity contribution in [2.45, 2.75) is 24.9 Å². The van der Waals surface area contributed by atoms with E-state index < -0.39 is 36.6 Å². The minimum atomic E-state index is -1.18. The van der Waals surface area contributed by atoms with Gasteiger partial charge in [0.15, 0.2) is 5.96 Å². The van der Waals surface area contributed by atoms with Gasteiger partial charge in [0, 0.05) is 6.54 Å². The summed E-state index contributed by atoms with van der Waals surface area (Å²) in [5.41, 5.74) is 19.6. The highest BCUT2D eigenvalue weighted by Gasteiger charge is 2.09. The SMILES string of the molecule is N=C(N)NCCCC(N)C(=O)O.NC(CO)C(=O)O.NCC(=O)O. The molecule has 2 unspecified atom stereocenters. The van der Waals surface area contributed by atoms with E-state index in [-0.39, 0.29) is 12.5 Å². The predicted molar refractivity (Wildman–Crippen MR) is 84.1 cm³/mol. The number of guanidine groups is 1. The van der Waals surface area contributed by atoms with Gasteiger partial charge in [-0.25, -0.2) is 0 Å². The quantitative estimate of drug-likeness (QED) is 0.114. The summed E-state index contributed by atoms with van der Waals surface area (Å²) in [6.45, 7) is -0.300. The van der Waals surface area contributed by atoms with Crippen LogP contribution in [0.25, 0.3) is 0 Å². The van der Waals surface area contributed by atoms with Gasteiger partial charge in [0.05, 0.1) is 13.2 Å². The van der Waals surface area contributed by atoms with Crippen LogP contribution < -0.4 is 28.3 Å². The van der Waals surface area contributed by atoms with E-state index in [1.54, 1.807) is 0 Å². The largest absolute Gasteiger partial charge is 0.480 e. The Hall–Kier alpha value is -2.48. The number of rotatable bonds is 8. The molecular formula is C11H26N6O7. The van der Waals surface area contributed by atoms with E-state index in [1.807, 2.05) is 0 Å². The summed E-state index contributed by atoms with van der Waals surface area (Å²) >= 11 is 0. The van der Waals surface area contributed by atoms with Crippen molar-refractivity contribution < 1.29 is 34.8 Å². The number of carbonyl (C=O) groups is 3. The molecule has 0 bridgehead atoms. The minimum absolute atomic E-state index is 0.112. The van der Waals surface area contributed by atoms with Gasteiger partial charge in [-0.3, -0.25) is 19.8 Å². The van der Waals surface area contributed by atoms with Crippen LogP contribution in [0.3, 0.4) is 0 Å². The molecule has 14 N–H and O–H groups in total. The number of carboxylic acid groups (broad SMARTS) is 3. The van der Waals surface area contributed by atoms with Crippen LogP contribution in [0.1, 0.15) is 12.8 Å². The standard InChI is InChI=1S/C6H14N4O2.C3H7NO3.C2H5NO2/c7-4(5(11)12)2-1-3-10-6(8)9;4-2(1-5)3(6)7;3-1-2(4)5/h4H,1-3,7H2,(H,11,12)(H4,8,9,10);2,5H,1,4H2,(H,6,7);1,3H2,(H,4,5). The van der Waals surface area contributed by atoms with Gasteiger partial charge in [-0.15, -0.1) is 0 Å². The van der Waals surface area contributed by atoms with E-state index in [1.165, 1.54) is 0 Å². The molecule has 2 atom stereocenters. The summed E-state index contributed by atoms with van der Waals surface area (Å²) in [7, 11) is 0. The first-order chi connectivity index (χ1) is 11.0. The molecule has 0 saturated heterocycles. The summed E-state index contributed by atoms with van der Waals surface area (Å²) in [6.07, 6.45) is 0.975. The summed E-state index contributed by atoms with van der Waals surface area (Å²) in [6, 6.07) is -1.95. The first kappa shape index (κ1) is 26.4. The molecule has 0 aliphatic rings. The molecule has 0 heterocycles. The average molecular weight is 354 g/mol. The number of hydrogen-bond acceptors (Lipinski definition) is 8. The van der Waals surface area contributed by atoms with Crippen molar-refractivity contribution in [3.05, 3.63) is 0 Å². The fraction of sp³-hybridized carbons (Fsp3) is 0.636. The second kappa shape index (κ2) is 16.9. The number of aliphatic carboxylic acids is 3. The summed E-state index contributed by atoms with van der Waals surface area (Å²) in [4.78, 5) is 29.1. The molecule has 0 amide bonds. The number of aliphatic hydroxyl groups excluding tert-OH is 1. The van der Waals surface area contributed by atoms with Crippen LogP contribution in [-0.2, 0) is 14.4 Å². The second-order valence-corrected chi connectivity index (χ2v) is 4.15. The summed E-state index contributed by atoms with van der Waals surface area (Å²) in [5.74, 6) is -3.26. The minimum Gasteiger partial charge on any atom is -0.480 e. The molecule has 0 spiro atoms. The van der Waals surface area contributed by atoms with Crippen molar-refractivity contribution in [1.29, 1.82) is 5.41 Å². The average Bonchev–Trinajstić information content (AvgIpc) is 2.51. The highest BCUT2D eigenvalue weighted by Crippen LogP contribution is 1.92. The van der Waals surface area contributed by atoms with Gasteiger partial charge in [-0.05, 0) is 12.8 Å². The van der Waals surface area contributed by atoms with Crippen molar-refractivity contribution in [2.24, 2.45) is 22.9 Å². The Kier molecular flexibility index (Phi) is 18.6. The molecule has 13 heteroatoms. The Morgan fingerprint density at radius 3 is 1.67 bits per heavy atom. The van der Waals surface area contributed by atoms with Gasteiger partial charge in [0.2, 0.25) is 0 Å². The smallest absolute Gasteiger partial charge is 0.322 e. The molecule has 13 nitrogen and oxygen atoms in total. The molecule has 0 aliphatic heterocycles. The zero-order chi connectivity index (χ0) is 19.7. The van der Waals surface area contributed by atoms with Gasteiger partial charge in [-0.1, -0.05) is 0 Å². The lowest BCUT2D eigenvalue weighted by atomic mass is 10.2. The third kappa shape index (κ3) is 24.5. The van der Waals surface area contributed by atoms with Crippen molar-refractivity contribution in [1.82, 2.24) is 5.32 Å². The number of nitrogens with one attached hydrogen (secondary N) is 2. The van der Waals surface area contributed by atoms with Gasteiger partial charge >= 0.3 is 17.9 Å². The van der Waals surface area contributed by atoms with Gasteiger partial charge in [-0.2, -0.15) is 0 Å². The fourth-order valence-corrected chi connectivity index (χ4v) is 0.747. The Morgan fingerprint density at radius 1 is 1.04 bits per heavy atom. The maximum absolute atomic E-state index is 10.2. The van der Waals surface area contributed by atoms with Crippen LogP contribution in [0.5, 0.6) is 0 Å². The molecular weight excluding hydrogens is 328 g/mol. The van der Waals surface area contributed by atoms with Gasteiger partial charge in [0.25, 0.3) is 0 Å². The van der Waals surface area contributed by atoms with Crippen LogP contribution in [0, 0.1) is 5.41 Å². The van der Waals surface area contributed by atoms with Crippen molar-refractivity contribution >= 4 is 23.9 Å². The van der Waals surface area contributed by atoms with Crippen LogP contribution in [0.2, 0.25) is 0 Å². The van der Waals surface area contributed by atoms with Crippen molar-refractivity contribution in [3.63, 3.8) is 0 Å². The molecule has 0 radical (unpaired) electrons. The Bertz CT molecular complexity index is 393. The van der Waals surface area contributed by atoms with Crippen molar-refractivity contribution in [2.75, 3.05) is 19.7 Å². The van der Waals surface area contributed by atoms with Gasteiger partial charge in [0.1, 0.15) is 12.1 Å². The molecule has 0 aromatic heterocycles. The first-order valence-electron chi connectivity index (χ1n) is 6.56. The number of hydrogen-bond donors (Lipinski definition) is 10. The first-order valence-corrected chi connectivity index (χ1v) is 6.56. The molecule has 0 aromatic rings. The highest BCUT2D eigenvalue weighted by atomic mass is 16.4. The van der Waals surface area contributed by atoms with Crippen LogP contribution in [0.15, 0.2) is 0 Å². The Balaban J connectivity index is -0.000000311. The van der Waals surface area contributed by atoms with E-state index in [2.05, 4.69) is 11.1 Å². The third-order valence-electron chi connectivity index (χ3n) is 2.01. The van der Waals surface area contributed by atoms with E-state index >= 15 is 0 Å². The Morgan fingerprint density at radius 2 is 1.46 bits per heavy atom. The molecule has 0 aliphatic carbocycles. The number of nitrogens with two attached hydrogens (primary N) is 4. The van der Waals surface area contributed by atoms with Gasteiger partial charge < -0.3 is 48.7 Å². The van der Waals surface area contributed by atoms with E-state index in [0.29, 0.717) is 19.4 Å². The monoisotopic (exact) mass is 354 g/mol. The molecule has 24 heavy (non-hydrogen) atoms. The molecule has 0 aromatic carbocycles. The molecule has 0 rings (SSSR count). The number of aliphatic hydroxyl groups is 1. The zero-order valence-electron chi connectivity index (χ0n) is 13.0. The normalized spacial score (nSPS) is 11.5. The van der Waals surface area contributed by atoms with Crippen LogP contribution in [0.4, 0.5) is 0 Å². The highest BCUT2D eigenvalue weighted by molar-refractivity contribution is 5.74. The lowest BCUT2D eigenvalue weighted by molar-refractivity contribution is -0.140. The second-order valence-electron chi connectivity index (χ2n) is 4.15. The molecule has 142 valence electrons. The molecule has 0 saturated carbocycles. The fourth-order valence-electron chi connectivity index (χ4n) is 0.747. The summed E-state index contributed by atoms with van der Waals surface area (Å²) in [5, 5.41) is 41.2. The molecule has 0 fully saturated rings. The maximum Gasteiger partial charge on any atom is 0.322 e. The lowest BCUT2D eigenvalue weighted by Crippen LogP contribution is -2.34. The maximum atomic E-state index is 10.2. The van der Waals surface area contributed by atoms with E-state index in [9.17, 15) is 14.4 Å². The lowest BCUT2D eigenvalue weighted by Gasteiger charge is -2.06. The zero-order valence-corrected chi connectivity index (χ0v) is 13.0. The van der Waals surface area contributed by atoms with Crippen LogP contribution in [-0.4, -0.2) is 76.1 Å². The van der Waals surface area contributed by atoms with E-state index in [4.69, 9.17) is 43.0 Å². The van der Waals surface area contributed by atoms with Crippen molar-refractivity contribution in [3.8, 4) is 0 Å². The summed E-state index contributed by atoms with van der Waals surface area (Å²) < 4.78 is 0. The Labute approximate surface area is 138 Å². The number of carboxylic acids is 3. The third-order valence-corrected chi connectivity index (χ3v) is 2.01. The van der Waals surface area contributed by atoms with Crippen LogP contribution >= 0.6 is 0 Å². The van der Waals surface area contributed by atoms with E-state index in [0.717, 1.165) is 0 Å². The topological polar surface area (TPSA) is 272 Å².